The van der Waals surface area contributed by atoms with Crippen LogP contribution in [0.15, 0.2) is 18.2 Å². The van der Waals surface area contributed by atoms with Gasteiger partial charge in [-0.25, -0.2) is 9.59 Å². The molecule has 0 aromatic heterocycles. The third-order valence-corrected chi connectivity index (χ3v) is 3.15. The summed E-state index contributed by atoms with van der Waals surface area (Å²) in [7, 11) is 1.30. The maximum absolute atomic E-state index is 12.4. The van der Waals surface area contributed by atoms with Crippen LogP contribution in [-0.2, 0) is 20.7 Å². The molecular formula is C15H20N2O4. The Bertz CT molecular complexity index is 578. The molecule has 0 spiro atoms. The number of esters is 1. The molecule has 1 aromatic rings. The van der Waals surface area contributed by atoms with Crippen LogP contribution in [0, 0.1) is 0 Å². The van der Waals surface area contributed by atoms with Crippen molar-refractivity contribution in [2.24, 2.45) is 0 Å². The molecule has 114 valence electrons. The number of nitrogens with two attached hydrogens (primary N) is 1. The van der Waals surface area contributed by atoms with Crippen molar-refractivity contribution in [3.05, 3.63) is 23.8 Å². The second kappa shape index (κ2) is 5.27. The third-order valence-electron chi connectivity index (χ3n) is 3.15. The predicted octanol–water partition coefficient (Wildman–Crippen LogP) is 2.11. The smallest absolute Gasteiger partial charge is 0.415 e. The van der Waals surface area contributed by atoms with Crippen LogP contribution >= 0.6 is 0 Å². The van der Waals surface area contributed by atoms with Gasteiger partial charge in [0.15, 0.2) is 0 Å². The Morgan fingerprint density at radius 1 is 1.33 bits per heavy atom. The molecule has 2 rings (SSSR count). The number of nitrogens with zero attached hydrogens (tertiary/aromatic N) is 1. The topological polar surface area (TPSA) is 81.9 Å². The molecule has 2 N–H and O–H groups in total. The van der Waals surface area contributed by atoms with Gasteiger partial charge in [-0.1, -0.05) is 0 Å². The Morgan fingerprint density at radius 3 is 2.57 bits per heavy atom. The summed E-state index contributed by atoms with van der Waals surface area (Å²) in [6.45, 7) is 5.33. The van der Waals surface area contributed by atoms with Crippen molar-refractivity contribution in [3.63, 3.8) is 0 Å². The summed E-state index contributed by atoms with van der Waals surface area (Å²) in [4.78, 5) is 25.7. The first-order chi connectivity index (χ1) is 9.73. The highest BCUT2D eigenvalue weighted by Gasteiger charge is 2.41. The van der Waals surface area contributed by atoms with Crippen LogP contribution < -0.4 is 10.6 Å². The first kappa shape index (κ1) is 15.2. The lowest BCUT2D eigenvalue weighted by Crippen LogP contribution is -2.45. The summed E-state index contributed by atoms with van der Waals surface area (Å²) < 4.78 is 10.2. The largest absolute Gasteiger partial charge is 0.467 e. The number of amides is 1. The molecule has 0 aliphatic carbocycles. The number of benzene rings is 1. The molecule has 1 aromatic carbocycles. The number of anilines is 2. The molecule has 0 saturated heterocycles. The van der Waals surface area contributed by atoms with Gasteiger partial charge in [-0.2, -0.15) is 0 Å². The lowest BCUT2D eigenvalue weighted by molar-refractivity contribution is -0.142. The van der Waals surface area contributed by atoms with E-state index in [1.807, 2.05) is 0 Å². The van der Waals surface area contributed by atoms with Gasteiger partial charge >= 0.3 is 12.1 Å². The van der Waals surface area contributed by atoms with Crippen LogP contribution in [-0.4, -0.2) is 30.8 Å². The number of nitrogen functional groups attached to an aromatic ring is 1. The zero-order valence-electron chi connectivity index (χ0n) is 12.7. The molecule has 6 heteroatoms. The fourth-order valence-corrected chi connectivity index (χ4v) is 2.33. The van der Waals surface area contributed by atoms with Crippen molar-refractivity contribution >= 4 is 23.4 Å². The van der Waals surface area contributed by atoms with E-state index < -0.39 is 23.7 Å². The van der Waals surface area contributed by atoms with Gasteiger partial charge < -0.3 is 15.2 Å². The highest BCUT2D eigenvalue weighted by molar-refractivity contribution is 5.99. The first-order valence-corrected chi connectivity index (χ1v) is 6.71. The third kappa shape index (κ3) is 3.09. The lowest BCUT2D eigenvalue weighted by Gasteiger charge is -2.27. The van der Waals surface area contributed by atoms with E-state index in [0.717, 1.165) is 5.56 Å². The van der Waals surface area contributed by atoms with E-state index in [0.29, 0.717) is 17.8 Å². The first-order valence-electron chi connectivity index (χ1n) is 6.71. The summed E-state index contributed by atoms with van der Waals surface area (Å²) in [6.07, 6.45) is -0.201. The van der Waals surface area contributed by atoms with Crippen molar-refractivity contribution < 1.29 is 19.1 Å². The van der Waals surface area contributed by atoms with Crippen LogP contribution in [0.4, 0.5) is 16.2 Å². The zero-order chi connectivity index (χ0) is 15.8. The molecule has 0 bridgehead atoms. The summed E-state index contributed by atoms with van der Waals surface area (Å²) in [5, 5.41) is 0. The minimum Gasteiger partial charge on any atom is -0.467 e. The van der Waals surface area contributed by atoms with Crippen LogP contribution in [0.25, 0.3) is 0 Å². The van der Waals surface area contributed by atoms with Gasteiger partial charge in [0, 0.05) is 12.1 Å². The van der Waals surface area contributed by atoms with Gasteiger partial charge in [-0.05, 0) is 44.5 Å². The van der Waals surface area contributed by atoms with E-state index in [9.17, 15) is 9.59 Å². The van der Waals surface area contributed by atoms with E-state index in [1.54, 1.807) is 39.0 Å². The number of carbonyl (C=O) groups excluding carboxylic acids is 2. The van der Waals surface area contributed by atoms with Gasteiger partial charge in [0.2, 0.25) is 0 Å². The SMILES string of the molecule is COC(=O)[C@@H]1Cc2cc(N)ccc2N1C(=O)OC(C)(C)C. The average Bonchev–Trinajstić information content (AvgIpc) is 2.74. The van der Waals surface area contributed by atoms with E-state index in [2.05, 4.69) is 0 Å². The van der Waals surface area contributed by atoms with Crippen LogP contribution in [0.1, 0.15) is 26.3 Å². The van der Waals surface area contributed by atoms with Gasteiger partial charge in [0.05, 0.1) is 12.8 Å². The van der Waals surface area contributed by atoms with Crippen molar-refractivity contribution in [2.75, 3.05) is 17.7 Å². The fourth-order valence-electron chi connectivity index (χ4n) is 2.33. The number of carbonyl (C=O) groups is 2. The van der Waals surface area contributed by atoms with E-state index in [4.69, 9.17) is 15.2 Å². The number of fused-ring (bicyclic) bond motifs is 1. The highest BCUT2D eigenvalue weighted by Crippen LogP contribution is 2.35. The van der Waals surface area contributed by atoms with Crippen LogP contribution in [0.3, 0.4) is 0 Å². The Labute approximate surface area is 123 Å². The van der Waals surface area contributed by atoms with E-state index in [-0.39, 0.29) is 0 Å². The molecule has 6 nitrogen and oxygen atoms in total. The Balaban J connectivity index is 2.38. The second-order valence-corrected chi connectivity index (χ2v) is 5.98. The Hall–Kier alpha value is -2.24. The molecule has 1 atom stereocenters. The minimum absolute atomic E-state index is 0.367. The molecule has 0 fully saturated rings. The summed E-state index contributed by atoms with van der Waals surface area (Å²) in [5.74, 6) is -0.476. The van der Waals surface area contributed by atoms with E-state index in [1.165, 1.54) is 12.0 Å². The predicted molar refractivity (Wildman–Crippen MR) is 79.1 cm³/mol. The monoisotopic (exact) mass is 292 g/mol. The lowest BCUT2D eigenvalue weighted by atomic mass is 10.1. The normalized spacial score (nSPS) is 17.3. The van der Waals surface area contributed by atoms with E-state index >= 15 is 0 Å². The van der Waals surface area contributed by atoms with Crippen LogP contribution in [0.2, 0.25) is 0 Å². The molecule has 21 heavy (non-hydrogen) atoms. The van der Waals surface area contributed by atoms with Crippen LogP contribution in [0.5, 0.6) is 0 Å². The molecule has 1 aliphatic heterocycles. The number of rotatable bonds is 1. The van der Waals surface area contributed by atoms with Crippen molar-refractivity contribution in [1.29, 1.82) is 0 Å². The molecule has 1 amide bonds. The maximum atomic E-state index is 12.4. The Kier molecular flexibility index (Phi) is 3.80. The quantitative estimate of drug-likeness (QED) is 0.633. The van der Waals surface area contributed by atoms with Crippen molar-refractivity contribution in [2.45, 2.75) is 38.8 Å². The summed E-state index contributed by atoms with van der Waals surface area (Å²) in [6, 6.07) is 4.45. The zero-order valence-corrected chi connectivity index (χ0v) is 12.7. The number of ether oxygens (including phenoxy) is 2. The number of methoxy groups -OCH3 is 1. The molecule has 0 unspecified atom stereocenters. The maximum Gasteiger partial charge on any atom is 0.415 e. The summed E-state index contributed by atoms with van der Waals surface area (Å²) in [5.41, 5.74) is 7.16. The number of hydrogen-bond donors (Lipinski definition) is 1. The van der Waals surface area contributed by atoms with Gasteiger partial charge in [0.25, 0.3) is 0 Å². The summed E-state index contributed by atoms with van der Waals surface area (Å²) >= 11 is 0. The minimum atomic E-state index is -0.721. The molecule has 0 radical (unpaired) electrons. The molecular weight excluding hydrogens is 272 g/mol. The molecule has 1 heterocycles. The molecule has 0 saturated carbocycles. The van der Waals surface area contributed by atoms with Gasteiger partial charge in [0.1, 0.15) is 11.6 Å². The number of hydrogen-bond acceptors (Lipinski definition) is 5. The van der Waals surface area contributed by atoms with Crippen molar-refractivity contribution in [1.82, 2.24) is 0 Å². The standard InChI is InChI=1S/C15H20N2O4/c1-15(2,3)21-14(19)17-11-6-5-10(16)7-9(11)8-12(17)13(18)20-4/h5-7,12H,8,16H2,1-4H3/t12-/m0/s1. The average molecular weight is 292 g/mol. The molecule has 1 aliphatic rings. The fraction of sp³-hybridized carbons (Fsp3) is 0.467. The van der Waals surface area contributed by atoms with Gasteiger partial charge in [-0.3, -0.25) is 4.90 Å². The van der Waals surface area contributed by atoms with Crippen molar-refractivity contribution in [3.8, 4) is 0 Å². The second-order valence-electron chi connectivity index (χ2n) is 5.98. The van der Waals surface area contributed by atoms with Gasteiger partial charge in [-0.15, -0.1) is 0 Å². The highest BCUT2D eigenvalue weighted by atomic mass is 16.6. The Morgan fingerprint density at radius 2 is 2.00 bits per heavy atom.